The smallest absolute Gasteiger partial charge is 0.311 e. The minimum atomic E-state index is -0.341. The molecule has 0 spiro atoms. The Labute approximate surface area is 202 Å². The van der Waals surface area contributed by atoms with Gasteiger partial charge in [0, 0.05) is 31.1 Å². The predicted molar refractivity (Wildman–Crippen MR) is 130 cm³/mol. The maximum absolute atomic E-state index is 13.4. The lowest BCUT2D eigenvalue weighted by atomic mass is 9.82. The number of fused-ring (bicyclic) bond motifs is 1. The van der Waals surface area contributed by atoms with Crippen LogP contribution in [0.15, 0.2) is 42.5 Å². The highest BCUT2D eigenvalue weighted by molar-refractivity contribution is 5.76. The Balaban J connectivity index is 1.72. The summed E-state index contributed by atoms with van der Waals surface area (Å²) in [6.07, 6.45) is 1.08. The van der Waals surface area contributed by atoms with Crippen molar-refractivity contribution in [3.8, 4) is 17.2 Å². The SMILES string of the molecule is CCCNC(C)CN1CC(c2ccc3c(c2)OCO3)C(C(=O)OCC)C1c1ccc(OC)cc1. The van der Waals surface area contributed by atoms with Crippen LogP contribution in [-0.4, -0.2) is 57.1 Å². The van der Waals surface area contributed by atoms with Crippen LogP contribution in [0.1, 0.15) is 50.3 Å². The lowest BCUT2D eigenvalue weighted by Crippen LogP contribution is -2.40. The Bertz CT molecular complexity index is 964. The molecular formula is C27H36N2O5. The number of methoxy groups -OCH3 is 1. The Hall–Kier alpha value is -2.77. The van der Waals surface area contributed by atoms with Crippen LogP contribution in [0.3, 0.4) is 0 Å². The van der Waals surface area contributed by atoms with Crippen molar-refractivity contribution in [2.75, 3.05) is 40.1 Å². The van der Waals surface area contributed by atoms with Crippen molar-refractivity contribution in [1.82, 2.24) is 10.2 Å². The summed E-state index contributed by atoms with van der Waals surface area (Å²) in [7, 11) is 1.66. The molecule has 0 aliphatic carbocycles. The van der Waals surface area contributed by atoms with E-state index in [9.17, 15) is 4.79 Å². The van der Waals surface area contributed by atoms with Crippen molar-refractivity contribution in [2.24, 2.45) is 5.92 Å². The molecule has 1 fully saturated rings. The zero-order valence-electron chi connectivity index (χ0n) is 20.6. The topological polar surface area (TPSA) is 69.3 Å². The average Bonchev–Trinajstić information content (AvgIpc) is 3.47. The summed E-state index contributed by atoms with van der Waals surface area (Å²) in [5, 5.41) is 3.59. The molecule has 7 heteroatoms. The molecule has 4 rings (SSSR count). The molecule has 2 aromatic rings. The fourth-order valence-electron chi connectivity index (χ4n) is 5.13. The van der Waals surface area contributed by atoms with Crippen LogP contribution in [0.4, 0.5) is 0 Å². The molecule has 0 amide bonds. The van der Waals surface area contributed by atoms with E-state index in [-0.39, 0.29) is 30.6 Å². The maximum atomic E-state index is 13.4. The van der Waals surface area contributed by atoms with Crippen molar-refractivity contribution >= 4 is 5.97 Å². The van der Waals surface area contributed by atoms with Crippen LogP contribution in [0.25, 0.3) is 0 Å². The van der Waals surface area contributed by atoms with Gasteiger partial charge in [-0.15, -0.1) is 0 Å². The van der Waals surface area contributed by atoms with Crippen LogP contribution in [0.2, 0.25) is 0 Å². The van der Waals surface area contributed by atoms with E-state index in [1.165, 1.54) is 0 Å². The summed E-state index contributed by atoms with van der Waals surface area (Å²) < 4.78 is 22.1. The van der Waals surface area contributed by atoms with E-state index in [0.29, 0.717) is 12.6 Å². The van der Waals surface area contributed by atoms with Crippen molar-refractivity contribution < 1.29 is 23.7 Å². The second-order valence-corrected chi connectivity index (χ2v) is 9.02. The molecule has 7 nitrogen and oxygen atoms in total. The van der Waals surface area contributed by atoms with E-state index in [1.54, 1.807) is 7.11 Å². The number of carbonyl (C=O) groups excluding carboxylic acids is 1. The van der Waals surface area contributed by atoms with Gasteiger partial charge >= 0.3 is 5.97 Å². The maximum Gasteiger partial charge on any atom is 0.311 e. The molecule has 1 saturated heterocycles. The quantitative estimate of drug-likeness (QED) is 0.526. The molecule has 4 unspecified atom stereocenters. The van der Waals surface area contributed by atoms with Gasteiger partial charge in [0.05, 0.1) is 19.6 Å². The summed E-state index contributed by atoms with van der Waals surface area (Å²) in [6.45, 7) is 9.36. The highest BCUT2D eigenvalue weighted by Crippen LogP contribution is 2.48. The molecule has 2 aromatic carbocycles. The van der Waals surface area contributed by atoms with Gasteiger partial charge in [-0.1, -0.05) is 25.1 Å². The van der Waals surface area contributed by atoms with Crippen LogP contribution < -0.4 is 19.5 Å². The summed E-state index contributed by atoms with van der Waals surface area (Å²) in [5.74, 6) is 1.74. The molecule has 0 radical (unpaired) electrons. The number of rotatable bonds is 10. The van der Waals surface area contributed by atoms with E-state index >= 15 is 0 Å². The molecule has 2 aliphatic rings. The van der Waals surface area contributed by atoms with Gasteiger partial charge in [0.15, 0.2) is 11.5 Å². The van der Waals surface area contributed by atoms with E-state index < -0.39 is 0 Å². The monoisotopic (exact) mass is 468 g/mol. The number of nitrogens with one attached hydrogen (secondary N) is 1. The first-order valence-electron chi connectivity index (χ1n) is 12.2. The molecule has 1 N–H and O–H groups in total. The summed E-state index contributed by atoms with van der Waals surface area (Å²) >= 11 is 0. The molecular weight excluding hydrogens is 432 g/mol. The van der Waals surface area contributed by atoms with Crippen LogP contribution >= 0.6 is 0 Å². The van der Waals surface area contributed by atoms with E-state index in [2.05, 4.69) is 42.3 Å². The van der Waals surface area contributed by atoms with E-state index in [4.69, 9.17) is 18.9 Å². The van der Waals surface area contributed by atoms with Gasteiger partial charge in [0.2, 0.25) is 6.79 Å². The minimum absolute atomic E-state index is 0.0287. The lowest BCUT2D eigenvalue weighted by molar-refractivity contribution is -0.149. The molecule has 0 bridgehead atoms. The number of ether oxygens (including phenoxy) is 4. The van der Waals surface area contributed by atoms with Crippen molar-refractivity contribution in [3.05, 3.63) is 53.6 Å². The molecule has 0 saturated carbocycles. The fourth-order valence-corrected chi connectivity index (χ4v) is 5.13. The Morgan fingerprint density at radius 3 is 2.56 bits per heavy atom. The third-order valence-corrected chi connectivity index (χ3v) is 6.69. The summed E-state index contributed by atoms with van der Waals surface area (Å²) in [5.41, 5.74) is 2.15. The lowest BCUT2D eigenvalue weighted by Gasteiger charge is -2.30. The highest BCUT2D eigenvalue weighted by atomic mass is 16.7. The second-order valence-electron chi connectivity index (χ2n) is 9.02. The predicted octanol–water partition coefficient (Wildman–Crippen LogP) is 4.13. The minimum Gasteiger partial charge on any atom is -0.497 e. The van der Waals surface area contributed by atoms with E-state index in [1.807, 2.05) is 31.2 Å². The number of nitrogens with zero attached hydrogens (tertiary/aromatic N) is 1. The first-order valence-corrected chi connectivity index (χ1v) is 12.2. The highest BCUT2D eigenvalue weighted by Gasteiger charge is 2.48. The van der Waals surface area contributed by atoms with Crippen molar-refractivity contribution in [3.63, 3.8) is 0 Å². The van der Waals surface area contributed by atoms with Gasteiger partial charge in [0.25, 0.3) is 0 Å². The third kappa shape index (κ3) is 5.15. The molecule has 2 aliphatic heterocycles. The number of hydrogen-bond donors (Lipinski definition) is 1. The van der Waals surface area contributed by atoms with Gasteiger partial charge in [-0.3, -0.25) is 9.69 Å². The number of carbonyl (C=O) groups is 1. The molecule has 0 aromatic heterocycles. The summed E-state index contributed by atoms with van der Waals surface area (Å²) in [6, 6.07) is 14.3. The van der Waals surface area contributed by atoms with Crippen LogP contribution in [-0.2, 0) is 9.53 Å². The summed E-state index contributed by atoms with van der Waals surface area (Å²) in [4.78, 5) is 15.9. The fraction of sp³-hybridized carbons (Fsp3) is 0.519. The molecule has 34 heavy (non-hydrogen) atoms. The van der Waals surface area contributed by atoms with Crippen LogP contribution in [0.5, 0.6) is 17.2 Å². The number of hydrogen-bond acceptors (Lipinski definition) is 7. The van der Waals surface area contributed by atoms with Gasteiger partial charge in [-0.05, 0) is 62.2 Å². The molecule has 4 atom stereocenters. The normalized spacial score (nSPS) is 22.5. The van der Waals surface area contributed by atoms with Crippen molar-refractivity contribution in [1.29, 1.82) is 0 Å². The second kappa shape index (κ2) is 11.1. The standard InChI is InChI=1S/C27H36N2O5/c1-5-13-28-18(3)15-29-16-22(20-9-12-23-24(14-20)34-17-33-23)25(27(30)32-6-2)26(29)19-7-10-21(31-4)11-8-19/h7-12,14,18,22,25-26,28H,5-6,13,15-17H2,1-4H3. The number of esters is 1. The van der Waals surface area contributed by atoms with E-state index in [0.717, 1.165) is 54.4 Å². The van der Waals surface area contributed by atoms with Gasteiger partial charge in [-0.2, -0.15) is 0 Å². The largest absolute Gasteiger partial charge is 0.497 e. The van der Waals surface area contributed by atoms with Crippen LogP contribution in [0, 0.1) is 5.92 Å². The number of likely N-dealkylation sites (tertiary alicyclic amines) is 1. The van der Waals surface area contributed by atoms with Gasteiger partial charge in [-0.25, -0.2) is 0 Å². The Morgan fingerprint density at radius 2 is 1.85 bits per heavy atom. The molecule has 2 heterocycles. The third-order valence-electron chi connectivity index (χ3n) is 6.69. The number of benzene rings is 2. The van der Waals surface area contributed by atoms with Gasteiger partial charge in [0.1, 0.15) is 5.75 Å². The average molecular weight is 469 g/mol. The Kier molecular flexibility index (Phi) is 7.95. The zero-order valence-corrected chi connectivity index (χ0v) is 20.6. The Morgan fingerprint density at radius 1 is 1.12 bits per heavy atom. The first kappa shape index (κ1) is 24.4. The first-order chi connectivity index (χ1) is 16.5. The van der Waals surface area contributed by atoms with Crippen molar-refractivity contribution in [2.45, 2.75) is 45.2 Å². The van der Waals surface area contributed by atoms with Gasteiger partial charge < -0.3 is 24.3 Å². The molecule has 184 valence electrons. The zero-order chi connectivity index (χ0) is 24.1.